The quantitative estimate of drug-likeness (QED) is 0.758. The minimum absolute atomic E-state index is 1.12. The van der Waals surface area contributed by atoms with Crippen molar-refractivity contribution < 1.29 is 4.57 Å². The van der Waals surface area contributed by atoms with Gasteiger partial charge in [-0.05, 0) is 19.1 Å². The highest BCUT2D eigenvalue weighted by Gasteiger charge is 2.07. The fraction of sp³-hybridized carbons (Fsp3) is 0.214. The maximum Gasteiger partial charge on any atom is 0.180 e. The van der Waals surface area contributed by atoms with Crippen molar-refractivity contribution in [1.82, 2.24) is 0 Å². The lowest BCUT2D eigenvalue weighted by atomic mass is 10.2. The van der Waals surface area contributed by atoms with E-state index < -0.39 is 0 Å². The van der Waals surface area contributed by atoms with Crippen molar-refractivity contribution in [2.45, 2.75) is 13.8 Å². The van der Waals surface area contributed by atoms with E-state index in [1.807, 2.05) is 18.2 Å². The zero-order chi connectivity index (χ0) is 11.5. The molecule has 0 aliphatic carbocycles. The van der Waals surface area contributed by atoms with E-state index in [9.17, 15) is 0 Å². The highest BCUT2D eigenvalue weighted by molar-refractivity contribution is 5.62. The van der Waals surface area contributed by atoms with Gasteiger partial charge in [0.15, 0.2) is 11.9 Å². The molecular weight excluding hydrogens is 196 g/mol. The van der Waals surface area contributed by atoms with Crippen LogP contribution in [-0.4, -0.2) is 0 Å². The van der Waals surface area contributed by atoms with E-state index in [1.54, 1.807) is 0 Å². The lowest BCUT2D eigenvalue weighted by Crippen LogP contribution is -2.31. The molecule has 2 heteroatoms. The molecule has 0 fully saturated rings. The maximum atomic E-state index is 3.43. The number of aromatic nitrogens is 1. The number of anilines is 2. The Labute approximate surface area is 96.6 Å². The average molecular weight is 213 g/mol. The Hall–Kier alpha value is -1.83. The first-order chi connectivity index (χ1) is 7.66. The van der Waals surface area contributed by atoms with Crippen molar-refractivity contribution in [3.63, 3.8) is 0 Å². The Morgan fingerprint density at radius 2 is 1.75 bits per heavy atom. The number of pyridine rings is 1. The van der Waals surface area contributed by atoms with E-state index in [2.05, 4.69) is 55.2 Å². The summed E-state index contributed by atoms with van der Waals surface area (Å²) in [4.78, 5) is 0. The van der Waals surface area contributed by atoms with E-state index in [0.717, 1.165) is 5.69 Å². The van der Waals surface area contributed by atoms with Crippen molar-refractivity contribution in [3.8, 4) is 0 Å². The van der Waals surface area contributed by atoms with Crippen molar-refractivity contribution in [3.05, 3.63) is 53.9 Å². The Morgan fingerprint density at radius 3 is 2.44 bits per heavy atom. The molecule has 82 valence electrons. The van der Waals surface area contributed by atoms with Gasteiger partial charge in [0.1, 0.15) is 7.05 Å². The largest absolute Gasteiger partial charge is 0.355 e. The number of hydrogen-bond donors (Lipinski definition) is 1. The van der Waals surface area contributed by atoms with Crippen LogP contribution in [-0.2, 0) is 7.05 Å². The molecule has 0 saturated carbocycles. The summed E-state index contributed by atoms with van der Waals surface area (Å²) < 4.78 is 2.13. The Balaban J connectivity index is 2.32. The number of para-hydroxylation sites is 1. The summed E-state index contributed by atoms with van der Waals surface area (Å²) >= 11 is 0. The molecule has 2 nitrogen and oxygen atoms in total. The minimum atomic E-state index is 1.12. The monoisotopic (exact) mass is 213 g/mol. The maximum absolute atomic E-state index is 3.43. The summed E-state index contributed by atoms with van der Waals surface area (Å²) in [7, 11) is 2.06. The van der Waals surface area contributed by atoms with Gasteiger partial charge in [-0.3, -0.25) is 0 Å². The van der Waals surface area contributed by atoms with E-state index in [1.165, 1.54) is 16.9 Å². The molecule has 1 heterocycles. The van der Waals surface area contributed by atoms with E-state index in [0.29, 0.717) is 0 Å². The van der Waals surface area contributed by atoms with Gasteiger partial charge >= 0.3 is 0 Å². The number of hydrogen-bond acceptors (Lipinski definition) is 1. The third-order valence-electron chi connectivity index (χ3n) is 2.77. The number of nitrogens with one attached hydrogen (secondary N) is 1. The topological polar surface area (TPSA) is 15.9 Å². The molecule has 1 aromatic heterocycles. The highest BCUT2D eigenvalue weighted by atomic mass is 14.9. The first-order valence-corrected chi connectivity index (χ1v) is 5.46. The lowest BCUT2D eigenvalue weighted by molar-refractivity contribution is -0.677. The van der Waals surface area contributed by atoms with Crippen LogP contribution >= 0.6 is 0 Å². The highest BCUT2D eigenvalue weighted by Crippen LogP contribution is 2.19. The van der Waals surface area contributed by atoms with Gasteiger partial charge < -0.3 is 5.32 Å². The third-order valence-corrected chi connectivity index (χ3v) is 2.77. The summed E-state index contributed by atoms with van der Waals surface area (Å²) in [6.07, 6.45) is 2.14. The number of nitrogens with zero attached hydrogens (tertiary/aromatic N) is 1. The summed E-state index contributed by atoms with van der Waals surface area (Å²) in [5.41, 5.74) is 4.78. The van der Waals surface area contributed by atoms with Crippen LogP contribution in [0.25, 0.3) is 0 Å². The van der Waals surface area contributed by atoms with Gasteiger partial charge in [0.2, 0.25) is 0 Å². The second kappa shape index (κ2) is 4.35. The van der Waals surface area contributed by atoms with Crippen LogP contribution in [0.1, 0.15) is 11.3 Å². The van der Waals surface area contributed by atoms with Gasteiger partial charge in [-0.15, -0.1) is 0 Å². The van der Waals surface area contributed by atoms with Crippen LogP contribution in [0, 0.1) is 13.8 Å². The normalized spacial score (nSPS) is 10.2. The van der Waals surface area contributed by atoms with Crippen molar-refractivity contribution >= 4 is 11.4 Å². The zero-order valence-electron chi connectivity index (χ0n) is 9.99. The Morgan fingerprint density at radius 1 is 1.06 bits per heavy atom. The minimum Gasteiger partial charge on any atom is -0.355 e. The Kier molecular flexibility index (Phi) is 2.91. The SMILES string of the molecule is Cc1c[n+](C)c(C)cc1Nc1ccccc1. The van der Waals surface area contributed by atoms with E-state index in [4.69, 9.17) is 0 Å². The zero-order valence-corrected chi connectivity index (χ0v) is 9.99. The molecule has 0 bridgehead atoms. The lowest BCUT2D eigenvalue weighted by Gasteiger charge is -2.09. The van der Waals surface area contributed by atoms with Gasteiger partial charge in [-0.1, -0.05) is 18.2 Å². The van der Waals surface area contributed by atoms with Crippen LogP contribution in [0.5, 0.6) is 0 Å². The fourth-order valence-corrected chi connectivity index (χ4v) is 1.70. The molecule has 0 spiro atoms. The predicted molar refractivity (Wildman–Crippen MR) is 66.8 cm³/mol. The summed E-state index contributed by atoms with van der Waals surface area (Å²) in [6.45, 7) is 4.22. The van der Waals surface area contributed by atoms with Crippen molar-refractivity contribution in [2.75, 3.05) is 5.32 Å². The fourth-order valence-electron chi connectivity index (χ4n) is 1.70. The molecule has 0 unspecified atom stereocenters. The summed E-state index contributed by atoms with van der Waals surface area (Å²) in [6, 6.07) is 12.4. The van der Waals surface area contributed by atoms with Crippen LogP contribution in [0.4, 0.5) is 11.4 Å². The second-order valence-corrected chi connectivity index (χ2v) is 4.11. The standard InChI is InChI=1S/C14H16N2/c1-11-10-16(3)12(2)9-14(11)15-13-7-5-4-6-8-13/h4-10H,1-3H3/p+1. The van der Waals surface area contributed by atoms with Crippen LogP contribution in [0.3, 0.4) is 0 Å². The molecule has 0 radical (unpaired) electrons. The molecule has 0 aliphatic rings. The van der Waals surface area contributed by atoms with Gasteiger partial charge in [-0.25, -0.2) is 4.57 Å². The van der Waals surface area contributed by atoms with Gasteiger partial charge in [0.05, 0.1) is 5.69 Å². The molecule has 16 heavy (non-hydrogen) atoms. The first kappa shape index (κ1) is 10.7. The summed E-state index contributed by atoms with van der Waals surface area (Å²) in [5, 5.41) is 3.43. The van der Waals surface area contributed by atoms with E-state index >= 15 is 0 Å². The van der Waals surface area contributed by atoms with Gasteiger partial charge in [0.25, 0.3) is 0 Å². The molecule has 0 saturated heterocycles. The first-order valence-electron chi connectivity index (χ1n) is 5.46. The summed E-state index contributed by atoms with van der Waals surface area (Å²) in [5.74, 6) is 0. The van der Waals surface area contributed by atoms with Crippen LogP contribution in [0.15, 0.2) is 42.6 Å². The van der Waals surface area contributed by atoms with Gasteiger partial charge in [-0.2, -0.15) is 0 Å². The molecule has 0 amide bonds. The van der Waals surface area contributed by atoms with Crippen LogP contribution < -0.4 is 9.88 Å². The average Bonchev–Trinajstić information content (AvgIpc) is 2.27. The molecule has 2 aromatic rings. The number of benzene rings is 1. The Bertz CT molecular complexity index is 490. The number of rotatable bonds is 2. The van der Waals surface area contributed by atoms with Crippen LogP contribution in [0.2, 0.25) is 0 Å². The molecular formula is C14H17N2+. The second-order valence-electron chi connectivity index (χ2n) is 4.11. The van der Waals surface area contributed by atoms with Crippen molar-refractivity contribution in [1.29, 1.82) is 0 Å². The predicted octanol–water partition coefficient (Wildman–Crippen LogP) is 2.87. The van der Waals surface area contributed by atoms with E-state index in [-0.39, 0.29) is 0 Å². The molecule has 1 N–H and O–H groups in total. The number of aryl methyl sites for hydroxylation is 3. The third kappa shape index (κ3) is 2.22. The van der Waals surface area contributed by atoms with Gasteiger partial charge in [0, 0.05) is 24.2 Å². The van der Waals surface area contributed by atoms with Crippen molar-refractivity contribution in [2.24, 2.45) is 7.05 Å². The molecule has 2 rings (SSSR count). The molecule has 0 aliphatic heterocycles. The molecule has 0 atom stereocenters. The molecule has 1 aromatic carbocycles. The smallest absolute Gasteiger partial charge is 0.180 e.